The predicted octanol–water partition coefficient (Wildman–Crippen LogP) is 0.441. The third kappa shape index (κ3) is 2.37. The van der Waals surface area contributed by atoms with Crippen molar-refractivity contribution in [2.24, 2.45) is 5.73 Å². The molecule has 0 spiro atoms. The van der Waals surface area contributed by atoms with Crippen molar-refractivity contribution in [1.82, 2.24) is 0 Å². The van der Waals surface area contributed by atoms with Gasteiger partial charge in [0, 0.05) is 11.3 Å². The standard InChI is InChI=1S/C9H12N2O2/c1-6-7(10)3-2-4-8(6)13-5-9(11)12/h2-4H,5,10H2,1H3,(H2,11,12). The summed E-state index contributed by atoms with van der Waals surface area (Å²) in [6.45, 7) is 1.70. The minimum Gasteiger partial charge on any atom is -0.483 e. The van der Waals surface area contributed by atoms with Crippen molar-refractivity contribution in [3.8, 4) is 5.75 Å². The molecule has 0 aliphatic heterocycles. The second-order valence-electron chi connectivity index (χ2n) is 2.73. The maximum absolute atomic E-state index is 10.4. The number of carbonyl (C=O) groups excluding carboxylic acids is 1. The molecule has 1 aromatic carbocycles. The van der Waals surface area contributed by atoms with E-state index < -0.39 is 5.91 Å². The van der Waals surface area contributed by atoms with Crippen molar-refractivity contribution in [1.29, 1.82) is 0 Å². The average molecular weight is 180 g/mol. The Morgan fingerprint density at radius 1 is 1.54 bits per heavy atom. The number of anilines is 1. The summed E-state index contributed by atoms with van der Waals surface area (Å²) < 4.78 is 5.12. The molecular formula is C9H12N2O2. The summed E-state index contributed by atoms with van der Waals surface area (Å²) in [4.78, 5) is 10.4. The van der Waals surface area contributed by atoms with E-state index in [2.05, 4.69) is 0 Å². The molecule has 0 saturated carbocycles. The Labute approximate surface area is 76.5 Å². The maximum Gasteiger partial charge on any atom is 0.255 e. The van der Waals surface area contributed by atoms with Crippen molar-refractivity contribution in [3.05, 3.63) is 23.8 Å². The second-order valence-corrected chi connectivity index (χ2v) is 2.73. The van der Waals surface area contributed by atoms with Crippen LogP contribution in [-0.2, 0) is 4.79 Å². The number of amides is 1. The first kappa shape index (κ1) is 9.38. The number of carbonyl (C=O) groups is 1. The smallest absolute Gasteiger partial charge is 0.255 e. The van der Waals surface area contributed by atoms with Gasteiger partial charge >= 0.3 is 0 Å². The topological polar surface area (TPSA) is 78.3 Å². The van der Waals surface area contributed by atoms with E-state index in [9.17, 15) is 4.79 Å². The molecule has 1 rings (SSSR count). The molecule has 0 unspecified atom stereocenters. The number of nitrogen functional groups attached to an aromatic ring is 1. The van der Waals surface area contributed by atoms with E-state index in [-0.39, 0.29) is 6.61 Å². The zero-order valence-corrected chi connectivity index (χ0v) is 7.41. The zero-order valence-electron chi connectivity index (χ0n) is 7.41. The van der Waals surface area contributed by atoms with Crippen LogP contribution in [0.2, 0.25) is 0 Å². The van der Waals surface area contributed by atoms with Gasteiger partial charge in [-0.05, 0) is 19.1 Å². The van der Waals surface area contributed by atoms with E-state index in [4.69, 9.17) is 16.2 Å². The van der Waals surface area contributed by atoms with Crippen molar-refractivity contribution >= 4 is 11.6 Å². The van der Waals surface area contributed by atoms with Crippen LogP contribution in [0.4, 0.5) is 5.69 Å². The summed E-state index contributed by atoms with van der Waals surface area (Å²) in [5, 5.41) is 0. The molecule has 0 aliphatic carbocycles. The highest BCUT2D eigenvalue weighted by molar-refractivity contribution is 5.75. The van der Waals surface area contributed by atoms with Crippen LogP contribution in [0.3, 0.4) is 0 Å². The number of primary amides is 1. The highest BCUT2D eigenvalue weighted by Crippen LogP contribution is 2.22. The van der Waals surface area contributed by atoms with Gasteiger partial charge in [-0.3, -0.25) is 4.79 Å². The summed E-state index contributed by atoms with van der Waals surface area (Å²) in [7, 11) is 0. The number of hydrogen-bond acceptors (Lipinski definition) is 3. The highest BCUT2D eigenvalue weighted by atomic mass is 16.5. The van der Waals surface area contributed by atoms with E-state index >= 15 is 0 Å². The minimum atomic E-state index is -0.498. The summed E-state index contributed by atoms with van der Waals surface area (Å²) in [5.41, 5.74) is 12.0. The zero-order chi connectivity index (χ0) is 9.84. The van der Waals surface area contributed by atoms with Gasteiger partial charge in [0.1, 0.15) is 5.75 Å². The van der Waals surface area contributed by atoms with Crippen LogP contribution in [0.25, 0.3) is 0 Å². The van der Waals surface area contributed by atoms with E-state index in [0.717, 1.165) is 5.56 Å². The monoisotopic (exact) mass is 180 g/mol. The number of hydrogen-bond donors (Lipinski definition) is 2. The van der Waals surface area contributed by atoms with E-state index in [1.54, 1.807) is 18.2 Å². The Morgan fingerprint density at radius 3 is 2.85 bits per heavy atom. The van der Waals surface area contributed by atoms with Gasteiger partial charge in [-0.2, -0.15) is 0 Å². The van der Waals surface area contributed by atoms with Gasteiger partial charge in [0.2, 0.25) is 0 Å². The normalized spacial score (nSPS) is 9.62. The van der Waals surface area contributed by atoms with Crippen LogP contribution in [0.1, 0.15) is 5.56 Å². The fourth-order valence-electron chi connectivity index (χ4n) is 0.937. The summed E-state index contributed by atoms with van der Waals surface area (Å²) in [5.74, 6) is 0.0978. The Bertz CT molecular complexity index is 323. The van der Waals surface area contributed by atoms with E-state index in [0.29, 0.717) is 11.4 Å². The maximum atomic E-state index is 10.4. The molecule has 0 bridgehead atoms. The molecule has 0 heterocycles. The highest BCUT2D eigenvalue weighted by Gasteiger charge is 2.02. The number of benzene rings is 1. The first-order chi connectivity index (χ1) is 6.11. The molecule has 0 aliphatic rings. The number of rotatable bonds is 3. The van der Waals surface area contributed by atoms with E-state index in [1.807, 2.05) is 6.92 Å². The first-order valence-corrected chi connectivity index (χ1v) is 3.87. The largest absolute Gasteiger partial charge is 0.483 e. The fraction of sp³-hybridized carbons (Fsp3) is 0.222. The van der Waals surface area contributed by atoms with Crippen molar-refractivity contribution in [2.45, 2.75) is 6.92 Å². The van der Waals surface area contributed by atoms with Gasteiger partial charge < -0.3 is 16.2 Å². The molecule has 4 nitrogen and oxygen atoms in total. The summed E-state index contributed by atoms with van der Waals surface area (Å²) in [6.07, 6.45) is 0. The predicted molar refractivity (Wildman–Crippen MR) is 50.3 cm³/mol. The van der Waals surface area contributed by atoms with Gasteiger partial charge in [-0.1, -0.05) is 6.07 Å². The van der Waals surface area contributed by atoms with Gasteiger partial charge in [0.15, 0.2) is 6.61 Å². The van der Waals surface area contributed by atoms with Crippen molar-refractivity contribution < 1.29 is 9.53 Å². The second kappa shape index (κ2) is 3.80. The summed E-state index contributed by atoms with van der Waals surface area (Å²) in [6, 6.07) is 5.28. The minimum absolute atomic E-state index is 0.121. The van der Waals surface area contributed by atoms with Crippen LogP contribution >= 0.6 is 0 Å². The molecule has 0 atom stereocenters. The SMILES string of the molecule is Cc1c(N)cccc1OCC(N)=O. The van der Waals surface area contributed by atoms with Gasteiger partial charge in [-0.25, -0.2) is 0 Å². The Hall–Kier alpha value is -1.71. The van der Waals surface area contributed by atoms with E-state index in [1.165, 1.54) is 0 Å². The molecule has 4 N–H and O–H groups in total. The van der Waals surface area contributed by atoms with Crippen LogP contribution in [0, 0.1) is 6.92 Å². The molecule has 0 fully saturated rings. The van der Waals surface area contributed by atoms with Gasteiger partial charge in [0.05, 0.1) is 0 Å². The van der Waals surface area contributed by atoms with Crippen LogP contribution < -0.4 is 16.2 Å². The molecule has 1 amide bonds. The molecule has 70 valence electrons. The molecule has 0 radical (unpaired) electrons. The fourth-order valence-corrected chi connectivity index (χ4v) is 0.937. The molecular weight excluding hydrogens is 168 g/mol. The molecule has 0 aromatic heterocycles. The Kier molecular flexibility index (Phi) is 2.74. The lowest BCUT2D eigenvalue weighted by molar-refractivity contribution is -0.119. The Morgan fingerprint density at radius 2 is 2.23 bits per heavy atom. The van der Waals surface area contributed by atoms with Gasteiger partial charge in [0.25, 0.3) is 5.91 Å². The third-order valence-corrected chi connectivity index (χ3v) is 1.70. The first-order valence-electron chi connectivity index (χ1n) is 3.87. The average Bonchev–Trinajstić information content (AvgIpc) is 2.07. The van der Waals surface area contributed by atoms with Crippen molar-refractivity contribution in [3.63, 3.8) is 0 Å². The third-order valence-electron chi connectivity index (χ3n) is 1.70. The molecule has 13 heavy (non-hydrogen) atoms. The lowest BCUT2D eigenvalue weighted by Crippen LogP contribution is -2.20. The van der Waals surface area contributed by atoms with Gasteiger partial charge in [-0.15, -0.1) is 0 Å². The lowest BCUT2D eigenvalue weighted by Gasteiger charge is -2.08. The summed E-state index contributed by atoms with van der Waals surface area (Å²) >= 11 is 0. The number of nitrogens with two attached hydrogens (primary N) is 2. The molecule has 0 saturated heterocycles. The van der Waals surface area contributed by atoms with Crippen molar-refractivity contribution in [2.75, 3.05) is 12.3 Å². The van der Waals surface area contributed by atoms with Crippen LogP contribution in [0.15, 0.2) is 18.2 Å². The quantitative estimate of drug-likeness (QED) is 0.662. The number of ether oxygens (including phenoxy) is 1. The van der Waals surface area contributed by atoms with Crippen LogP contribution in [-0.4, -0.2) is 12.5 Å². The lowest BCUT2D eigenvalue weighted by atomic mass is 10.2. The Balaban J connectivity index is 2.77. The molecule has 1 aromatic rings. The molecule has 4 heteroatoms. The van der Waals surface area contributed by atoms with Crippen LogP contribution in [0.5, 0.6) is 5.75 Å².